The van der Waals surface area contributed by atoms with Gasteiger partial charge >= 0.3 is 23.9 Å². The molecular formula is C62H44Cl8O12. The van der Waals surface area contributed by atoms with E-state index in [0.717, 1.165) is 33.4 Å². The highest BCUT2D eigenvalue weighted by atomic mass is 35.5. The second-order valence-electron chi connectivity index (χ2n) is 18.8. The molecule has 2 aliphatic carbocycles. The topological polar surface area (TPSA) is 164 Å². The zero-order chi connectivity index (χ0) is 58.2. The minimum atomic E-state index is -0.819. The average Bonchev–Trinajstić information content (AvgIpc) is 3.57. The molecule has 0 aliphatic heterocycles. The lowest BCUT2D eigenvalue weighted by Crippen LogP contribution is -2.41. The Bertz CT molecular complexity index is 3360. The van der Waals surface area contributed by atoms with Crippen LogP contribution >= 0.6 is 92.8 Å². The first-order valence-electron chi connectivity index (χ1n) is 25.0. The van der Waals surface area contributed by atoms with Gasteiger partial charge in [0.05, 0.1) is 62.4 Å². The van der Waals surface area contributed by atoms with Crippen molar-refractivity contribution in [1.29, 1.82) is 0 Å². The number of carbonyl (C=O) groups is 4. The summed E-state index contributed by atoms with van der Waals surface area (Å²) in [5.74, 6) is -3.02. The molecule has 0 aromatic heterocycles. The Labute approximate surface area is 510 Å². The number of carbonyl (C=O) groups excluding carboxylic acids is 4. The third-order valence-corrected chi connectivity index (χ3v) is 15.5. The molecule has 82 heavy (non-hydrogen) atoms. The van der Waals surface area contributed by atoms with E-state index in [4.69, 9.17) is 121 Å². The van der Waals surface area contributed by atoms with Gasteiger partial charge in [0.15, 0.2) is 23.0 Å². The van der Waals surface area contributed by atoms with Gasteiger partial charge < -0.3 is 38.6 Å². The van der Waals surface area contributed by atoms with E-state index in [9.17, 15) is 29.4 Å². The van der Waals surface area contributed by atoms with Crippen molar-refractivity contribution in [3.63, 3.8) is 0 Å². The maximum atomic E-state index is 13.4. The van der Waals surface area contributed by atoms with E-state index in [0.29, 0.717) is 25.7 Å². The summed E-state index contributed by atoms with van der Waals surface area (Å²) < 4.78 is 35.0. The van der Waals surface area contributed by atoms with Crippen LogP contribution in [-0.2, 0) is 57.8 Å². The molecular weight excluding hydrogens is 1220 g/mol. The second-order valence-corrected chi connectivity index (χ2v) is 22.1. The summed E-state index contributed by atoms with van der Waals surface area (Å²) in [6.07, 6.45) is -1.99. The zero-order valence-corrected chi connectivity index (χ0v) is 48.6. The third-order valence-electron chi connectivity index (χ3n) is 13.2. The highest BCUT2D eigenvalue weighted by molar-refractivity contribution is 6.39. The molecule has 2 aliphatic rings. The normalized spacial score (nSPS) is 16.0. The zero-order valence-electron chi connectivity index (χ0n) is 42.6. The molecule has 2 N–H and O–H groups in total. The number of hydrogen-bond donors (Lipinski definition) is 2. The quantitative estimate of drug-likeness (QED) is 0.0783. The summed E-state index contributed by atoms with van der Waals surface area (Å²) in [5.41, 5.74) is 6.06. The van der Waals surface area contributed by atoms with E-state index in [1.165, 1.54) is 48.5 Å². The standard InChI is InChI=1S/C38H28Cl4O6.C24H16Cl4O6/c39-29-15-27(16-30(40)35(29)45-21-23-9-3-1-4-10-23)37(43)47-33-19-25-13-7-8-14-26(25)20-34(33)48-38(44)28-17-31(41)36(32(42)18-28)46-22-24-11-5-2-6-12-24;25-15-5-13(6-16(26)21(15)29)23(31)33-19-9-11-3-1-2-4-12(11)10-20(19)34-24(32)14-7-17(27)22(30)18(28)8-14/h1-18,33-34H,19-22H2;1-8,19-20,29-30H,9-10H2/t33-,34+;19-,20+. The molecule has 0 saturated carbocycles. The van der Waals surface area contributed by atoms with Gasteiger partial charge in [0.25, 0.3) is 0 Å². The maximum absolute atomic E-state index is 13.4. The SMILES string of the molecule is O=C(O[C@H]1Cc2ccccc2C[C@H]1OC(=O)c1cc(Cl)c(O)c(Cl)c1)c1cc(Cl)c(O)c(Cl)c1.O=C(O[C@H]1Cc2ccccc2C[C@H]1OC(=O)c1cc(Cl)c(OCc2ccccc2)c(Cl)c1)c1cc(Cl)c(OCc2ccccc2)c(Cl)c1. The highest BCUT2D eigenvalue weighted by Gasteiger charge is 2.37. The molecule has 0 unspecified atom stereocenters. The molecule has 0 bridgehead atoms. The van der Waals surface area contributed by atoms with Crippen LogP contribution in [0, 0.1) is 0 Å². The first-order valence-corrected chi connectivity index (χ1v) is 28.1. The molecule has 0 amide bonds. The second kappa shape index (κ2) is 27.0. The fraction of sp³-hybridized carbons (Fsp3) is 0.161. The first-order chi connectivity index (χ1) is 39.4. The largest absolute Gasteiger partial charge is 0.505 e. The molecule has 0 heterocycles. The van der Waals surface area contributed by atoms with Gasteiger partial charge in [-0.2, -0.15) is 0 Å². The Hall–Kier alpha value is -6.84. The number of phenolic OH excluding ortho intramolecular Hbond substituents is 2. The Morgan fingerprint density at radius 2 is 0.561 bits per heavy atom. The first kappa shape index (κ1) is 59.8. The molecule has 4 atom stereocenters. The third kappa shape index (κ3) is 14.7. The van der Waals surface area contributed by atoms with Crippen molar-refractivity contribution >= 4 is 117 Å². The minimum Gasteiger partial charge on any atom is -0.505 e. The number of aromatic hydroxyl groups is 2. The number of hydrogen-bond acceptors (Lipinski definition) is 12. The summed E-state index contributed by atoms with van der Waals surface area (Å²) >= 11 is 49.7. The number of halogens is 8. The molecule has 0 spiro atoms. The average molecular weight is 1260 g/mol. The summed E-state index contributed by atoms with van der Waals surface area (Å²) in [6.45, 7) is 0.497. The van der Waals surface area contributed by atoms with Crippen molar-refractivity contribution < 1.29 is 57.8 Å². The molecule has 8 aromatic carbocycles. The maximum Gasteiger partial charge on any atom is 0.338 e. The number of fused-ring (bicyclic) bond motifs is 2. The molecule has 0 radical (unpaired) electrons. The van der Waals surface area contributed by atoms with Gasteiger partial charge in [0.2, 0.25) is 0 Å². The van der Waals surface area contributed by atoms with Crippen LogP contribution in [0.25, 0.3) is 0 Å². The number of rotatable bonds is 14. The molecule has 420 valence electrons. The summed E-state index contributed by atoms with van der Waals surface area (Å²) in [7, 11) is 0. The Kier molecular flexibility index (Phi) is 19.7. The van der Waals surface area contributed by atoms with E-state index in [2.05, 4.69) is 0 Å². The van der Waals surface area contributed by atoms with Crippen molar-refractivity contribution in [1.82, 2.24) is 0 Å². The van der Waals surface area contributed by atoms with Gasteiger partial charge in [0, 0.05) is 25.7 Å². The molecule has 0 fully saturated rings. The number of ether oxygens (including phenoxy) is 6. The van der Waals surface area contributed by atoms with Crippen LogP contribution in [0.1, 0.15) is 74.8 Å². The smallest absolute Gasteiger partial charge is 0.338 e. The van der Waals surface area contributed by atoms with E-state index in [1.54, 1.807) is 0 Å². The van der Waals surface area contributed by atoms with Crippen LogP contribution in [0.4, 0.5) is 0 Å². The van der Waals surface area contributed by atoms with Gasteiger partial charge in [-0.25, -0.2) is 19.2 Å². The van der Waals surface area contributed by atoms with Gasteiger partial charge in [-0.15, -0.1) is 0 Å². The lowest BCUT2D eigenvalue weighted by Gasteiger charge is -2.32. The van der Waals surface area contributed by atoms with Crippen LogP contribution < -0.4 is 9.47 Å². The van der Waals surface area contributed by atoms with Gasteiger partial charge in [-0.05, 0) is 81.9 Å². The highest BCUT2D eigenvalue weighted by Crippen LogP contribution is 2.39. The van der Waals surface area contributed by atoms with Crippen LogP contribution in [0.2, 0.25) is 40.2 Å². The van der Waals surface area contributed by atoms with Crippen LogP contribution in [0.3, 0.4) is 0 Å². The Morgan fingerprint density at radius 1 is 0.341 bits per heavy atom. The van der Waals surface area contributed by atoms with Gasteiger partial charge in [-0.1, -0.05) is 202 Å². The van der Waals surface area contributed by atoms with Crippen molar-refractivity contribution in [3.05, 3.63) is 254 Å². The van der Waals surface area contributed by atoms with Crippen molar-refractivity contribution in [2.45, 2.75) is 63.3 Å². The van der Waals surface area contributed by atoms with E-state index in [-0.39, 0.29) is 98.6 Å². The van der Waals surface area contributed by atoms with Gasteiger partial charge in [-0.3, -0.25) is 0 Å². The van der Waals surface area contributed by atoms with Crippen LogP contribution in [-0.4, -0.2) is 58.5 Å². The summed E-state index contributed by atoms with van der Waals surface area (Å²) in [5, 5.41) is 19.7. The molecule has 10 rings (SSSR count). The molecule has 8 aromatic rings. The van der Waals surface area contributed by atoms with Crippen LogP contribution in [0.5, 0.6) is 23.0 Å². The molecule has 12 nitrogen and oxygen atoms in total. The number of benzene rings is 8. The summed E-state index contributed by atoms with van der Waals surface area (Å²) in [6, 6.07) is 45.1. The number of phenols is 2. The number of esters is 4. The van der Waals surface area contributed by atoms with Crippen molar-refractivity contribution in [2.24, 2.45) is 0 Å². The monoisotopic (exact) mass is 1260 g/mol. The summed E-state index contributed by atoms with van der Waals surface area (Å²) in [4.78, 5) is 52.6. The van der Waals surface area contributed by atoms with Crippen molar-refractivity contribution in [2.75, 3.05) is 0 Å². The lowest BCUT2D eigenvalue weighted by molar-refractivity contribution is -0.0389. The molecule has 0 saturated heterocycles. The van der Waals surface area contributed by atoms with E-state index < -0.39 is 48.3 Å². The fourth-order valence-electron chi connectivity index (χ4n) is 9.05. The van der Waals surface area contributed by atoms with Crippen LogP contribution in [0.15, 0.2) is 158 Å². The van der Waals surface area contributed by atoms with E-state index >= 15 is 0 Å². The molecule has 20 heteroatoms. The minimum absolute atomic E-state index is 0.0360. The Morgan fingerprint density at radius 3 is 0.805 bits per heavy atom. The van der Waals surface area contributed by atoms with E-state index in [1.807, 2.05) is 109 Å². The van der Waals surface area contributed by atoms with Crippen molar-refractivity contribution in [3.8, 4) is 23.0 Å². The predicted octanol–water partition coefficient (Wildman–Crippen LogP) is 16.3. The lowest BCUT2D eigenvalue weighted by atomic mass is 9.87. The fourth-order valence-corrected chi connectivity index (χ4v) is 11.2. The van der Waals surface area contributed by atoms with Gasteiger partial charge in [0.1, 0.15) is 37.6 Å². The Balaban J connectivity index is 0.000000210. The predicted molar refractivity (Wildman–Crippen MR) is 315 cm³/mol.